The molecule has 2 heterocycles. The van der Waals surface area contributed by atoms with E-state index in [1.54, 1.807) is 80.3 Å². The minimum atomic E-state index is -0.621. The maximum absolute atomic E-state index is 12.9. The Labute approximate surface area is 206 Å². The molecule has 2 aromatic heterocycles. The molecule has 8 heteroatoms. The molecule has 0 saturated heterocycles. The number of anilines is 2. The Morgan fingerprint density at radius 3 is 2.29 bits per heavy atom. The van der Waals surface area contributed by atoms with Gasteiger partial charge in [-0.3, -0.25) is 15.1 Å². The number of rotatable bonds is 5. The van der Waals surface area contributed by atoms with Gasteiger partial charge in [0.05, 0.1) is 20.3 Å². The maximum Gasteiger partial charge on any atom is 0.412 e. The van der Waals surface area contributed by atoms with E-state index in [9.17, 15) is 9.59 Å². The van der Waals surface area contributed by atoms with Gasteiger partial charge in [-0.1, -0.05) is 24.3 Å². The van der Waals surface area contributed by atoms with Gasteiger partial charge in [-0.15, -0.1) is 23.1 Å². The molecule has 0 aliphatic rings. The van der Waals surface area contributed by atoms with Crippen LogP contribution in [0.2, 0.25) is 0 Å². The third-order valence-corrected chi connectivity index (χ3v) is 7.03. The van der Waals surface area contributed by atoms with Gasteiger partial charge in [0.15, 0.2) is 0 Å². The molecule has 174 valence electrons. The quantitative estimate of drug-likeness (QED) is 0.287. The van der Waals surface area contributed by atoms with Gasteiger partial charge in [0.2, 0.25) is 0 Å². The first-order valence-corrected chi connectivity index (χ1v) is 12.7. The van der Waals surface area contributed by atoms with E-state index in [-0.39, 0.29) is 5.91 Å². The van der Waals surface area contributed by atoms with Crippen LogP contribution in [0.1, 0.15) is 31.1 Å². The van der Waals surface area contributed by atoms with E-state index in [0.29, 0.717) is 16.9 Å². The zero-order chi connectivity index (χ0) is 24.3. The lowest BCUT2D eigenvalue weighted by molar-refractivity contribution is 0.0635. The highest BCUT2D eigenvalue weighted by Gasteiger charge is 2.18. The largest absolute Gasteiger partial charge is 0.444 e. The number of nitrogens with zero attached hydrogens (tertiary/aromatic N) is 1. The normalized spacial score (nSPS) is 11.3. The molecule has 4 rings (SSSR count). The zero-order valence-electron chi connectivity index (χ0n) is 19.3. The number of carbonyl (C=O) groups is 2. The summed E-state index contributed by atoms with van der Waals surface area (Å²) in [5, 5.41) is 6.72. The fourth-order valence-corrected chi connectivity index (χ4v) is 5.00. The number of pyridine rings is 1. The van der Waals surface area contributed by atoms with Crippen molar-refractivity contribution in [3.63, 3.8) is 0 Å². The molecule has 0 atom stereocenters. The fraction of sp³-hybridized carbons (Fsp3) is 0.192. The van der Waals surface area contributed by atoms with Crippen molar-refractivity contribution in [2.75, 3.05) is 16.9 Å². The van der Waals surface area contributed by atoms with Gasteiger partial charge in [0, 0.05) is 28.9 Å². The van der Waals surface area contributed by atoms with Gasteiger partial charge < -0.3 is 10.1 Å². The van der Waals surface area contributed by atoms with E-state index in [2.05, 4.69) is 27.9 Å². The molecular formula is C26H25N3O3S2. The van der Waals surface area contributed by atoms with Crippen LogP contribution in [0.15, 0.2) is 71.2 Å². The Morgan fingerprint density at radius 1 is 0.971 bits per heavy atom. The Bertz CT molecular complexity index is 1340. The monoisotopic (exact) mass is 491 g/mol. The number of ether oxygens (including phenoxy) is 1. The van der Waals surface area contributed by atoms with Crippen molar-refractivity contribution in [3.8, 4) is 11.1 Å². The smallest absolute Gasteiger partial charge is 0.412 e. The predicted molar refractivity (Wildman–Crippen MR) is 141 cm³/mol. The SMILES string of the molecule is CSc1cc2c(-c3ccc(C(=O)Nc4ccccc4NC(=O)OC(C)(C)C)cc3)cncc2s1. The van der Waals surface area contributed by atoms with Gasteiger partial charge in [0.1, 0.15) is 5.60 Å². The summed E-state index contributed by atoms with van der Waals surface area (Å²) in [6.07, 6.45) is 5.21. The van der Waals surface area contributed by atoms with Crippen LogP contribution in [-0.4, -0.2) is 28.8 Å². The van der Waals surface area contributed by atoms with Crippen molar-refractivity contribution in [1.29, 1.82) is 0 Å². The number of hydrogen-bond acceptors (Lipinski definition) is 6. The van der Waals surface area contributed by atoms with Gasteiger partial charge in [0.25, 0.3) is 5.91 Å². The van der Waals surface area contributed by atoms with Crippen LogP contribution in [0.3, 0.4) is 0 Å². The van der Waals surface area contributed by atoms with Crippen LogP contribution in [0.4, 0.5) is 16.2 Å². The van der Waals surface area contributed by atoms with Gasteiger partial charge >= 0.3 is 6.09 Å². The number of thioether (sulfide) groups is 1. The van der Waals surface area contributed by atoms with Crippen LogP contribution >= 0.6 is 23.1 Å². The number of amides is 2. The number of benzene rings is 2. The van der Waals surface area contributed by atoms with Crippen molar-refractivity contribution in [3.05, 3.63) is 72.6 Å². The first-order valence-electron chi connectivity index (χ1n) is 10.7. The third-order valence-electron chi connectivity index (χ3n) is 4.89. The van der Waals surface area contributed by atoms with Crippen molar-refractivity contribution >= 4 is 56.6 Å². The average molecular weight is 492 g/mol. The molecule has 34 heavy (non-hydrogen) atoms. The van der Waals surface area contributed by atoms with Gasteiger partial charge in [-0.05, 0) is 62.9 Å². The van der Waals surface area contributed by atoms with Crippen molar-refractivity contribution in [2.24, 2.45) is 0 Å². The second-order valence-corrected chi connectivity index (χ2v) is 10.8. The highest BCUT2D eigenvalue weighted by molar-refractivity contribution is 8.00. The first-order chi connectivity index (χ1) is 16.2. The van der Waals surface area contributed by atoms with Crippen LogP contribution in [0.25, 0.3) is 21.2 Å². The molecule has 0 aliphatic heterocycles. The van der Waals surface area contributed by atoms with Crippen LogP contribution in [0, 0.1) is 0 Å². The zero-order valence-corrected chi connectivity index (χ0v) is 21.0. The first kappa shape index (κ1) is 23.8. The maximum atomic E-state index is 12.9. The number of nitrogens with one attached hydrogen (secondary N) is 2. The van der Waals surface area contributed by atoms with Gasteiger partial charge in [-0.2, -0.15) is 0 Å². The summed E-state index contributed by atoms with van der Waals surface area (Å²) in [5.41, 5.74) is 2.86. The third kappa shape index (κ3) is 5.58. The van der Waals surface area contributed by atoms with Crippen molar-refractivity contribution in [2.45, 2.75) is 30.6 Å². The molecule has 0 saturated carbocycles. The molecule has 0 spiro atoms. The summed E-state index contributed by atoms with van der Waals surface area (Å²) < 4.78 is 7.68. The predicted octanol–water partition coefficient (Wildman–Crippen LogP) is 7.28. The second-order valence-electron chi connectivity index (χ2n) is 8.57. The number of thiophene rings is 1. The lowest BCUT2D eigenvalue weighted by Gasteiger charge is -2.20. The summed E-state index contributed by atoms with van der Waals surface area (Å²) in [7, 11) is 0. The molecular weight excluding hydrogens is 466 g/mol. The summed E-state index contributed by atoms with van der Waals surface area (Å²) in [5.74, 6) is -0.276. The van der Waals surface area contributed by atoms with E-state index in [0.717, 1.165) is 21.2 Å². The minimum absolute atomic E-state index is 0.276. The lowest BCUT2D eigenvalue weighted by Crippen LogP contribution is -2.27. The number of fused-ring (bicyclic) bond motifs is 1. The highest BCUT2D eigenvalue weighted by atomic mass is 32.2. The van der Waals surface area contributed by atoms with Crippen LogP contribution in [-0.2, 0) is 4.74 Å². The number of aromatic nitrogens is 1. The highest BCUT2D eigenvalue weighted by Crippen LogP contribution is 2.36. The molecule has 6 nitrogen and oxygen atoms in total. The minimum Gasteiger partial charge on any atom is -0.444 e. The Kier molecular flexibility index (Phi) is 6.90. The molecule has 2 aromatic carbocycles. The molecule has 0 radical (unpaired) electrons. The number of carbonyl (C=O) groups excluding carboxylic acids is 2. The van der Waals surface area contributed by atoms with E-state index in [1.807, 2.05) is 24.5 Å². The van der Waals surface area contributed by atoms with Crippen molar-refractivity contribution in [1.82, 2.24) is 4.98 Å². The van der Waals surface area contributed by atoms with E-state index >= 15 is 0 Å². The molecule has 4 aromatic rings. The Morgan fingerprint density at radius 2 is 1.65 bits per heavy atom. The van der Waals surface area contributed by atoms with Gasteiger partial charge in [-0.25, -0.2) is 4.79 Å². The molecule has 0 unspecified atom stereocenters. The second kappa shape index (κ2) is 9.87. The number of para-hydroxylation sites is 2. The van der Waals surface area contributed by atoms with E-state index < -0.39 is 11.7 Å². The van der Waals surface area contributed by atoms with Crippen LogP contribution < -0.4 is 10.6 Å². The fourth-order valence-electron chi connectivity index (χ4n) is 3.38. The van der Waals surface area contributed by atoms with E-state index in [1.165, 1.54) is 4.21 Å². The summed E-state index contributed by atoms with van der Waals surface area (Å²) in [6.45, 7) is 5.38. The van der Waals surface area contributed by atoms with Crippen LogP contribution in [0.5, 0.6) is 0 Å². The molecule has 2 amide bonds. The Balaban J connectivity index is 1.52. The number of hydrogen-bond donors (Lipinski definition) is 2. The molecule has 0 bridgehead atoms. The van der Waals surface area contributed by atoms with E-state index in [4.69, 9.17) is 4.74 Å². The molecule has 2 N–H and O–H groups in total. The standard InChI is InChI=1S/C26H25N3O3S2/c1-26(2,3)32-25(31)29-21-8-6-5-7-20(21)28-24(30)17-11-9-16(10-12-17)19-14-27-15-22-18(19)13-23(33-4)34-22/h5-15H,1-4H3,(H,28,30)(H,29,31). The summed E-state index contributed by atoms with van der Waals surface area (Å²) in [4.78, 5) is 29.5. The average Bonchev–Trinajstić information content (AvgIpc) is 3.23. The topological polar surface area (TPSA) is 80.3 Å². The Hall–Kier alpha value is -3.36. The summed E-state index contributed by atoms with van der Waals surface area (Å²) in [6, 6.07) is 16.6. The van der Waals surface area contributed by atoms with Crippen molar-refractivity contribution < 1.29 is 14.3 Å². The summed E-state index contributed by atoms with van der Waals surface area (Å²) >= 11 is 3.44. The lowest BCUT2D eigenvalue weighted by atomic mass is 10.0. The molecule has 0 aliphatic carbocycles. The molecule has 0 fully saturated rings.